The molecule has 1 aliphatic rings. The van der Waals surface area contributed by atoms with Crippen LogP contribution in [-0.2, 0) is 0 Å². The maximum Gasteiger partial charge on any atom is 0.102 e. The van der Waals surface area contributed by atoms with Crippen LogP contribution in [0.15, 0.2) is 0 Å². The predicted octanol–water partition coefficient (Wildman–Crippen LogP) is 0.638. The van der Waals surface area contributed by atoms with Crippen LogP contribution in [0.3, 0.4) is 0 Å². The molecule has 1 heterocycles. The lowest BCUT2D eigenvalue weighted by Gasteiger charge is -2.38. The topological polar surface area (TPSA) is 15.3 Å². The molecule has 1 saturated heterocycles. The maximum atomic E-state index is 12.1. The molecule has 0 aromatic heterocycles. The molecule has 0 amide bonds. The highest BCUT2D eigenvalue weighted by atomic mass is 19.1. The van der Waals surface area contributed by atoms with E-state index in [0.717, 1.165) is 13.1 Å². The molecule has 1 aliphatic heterocycles. The number of nitrogens with zero attached hydrogens (tertiary/aromatic N) is 1. The highest BCUT2D eigenvalue weighted by Crippen LogP contribution is 2.08. The molecular weight excluding hydrogens is 143 g/mol. The van der Waals surface area contributed by atoms with Crippen LogP contribution in [0.25, 0.3) is 0 Å². The third-order valence-corrected chi connectivity index (χ3v) is 2.35. The smallest absolute Gasteiger partial charge is 0.102 e. The summed E-state index contributed by atoms with van der Waals surface area (Å²) in [7, 11) is 0. The van der Waals surface area contributed by atoms with Gasteiger partial charge < -0.3 is 5.32 Å². The number of piperazine rings is 1. The summed E-state index contributed by atoms with van der Waals surface area (Å²) in [6.07, 6.45) is 0. The molecule has 0 radical (unpaired) electrons. The normalized spacial score (nSPS) is 34.1. The molecule has 0 unspecified atom stereocenters. The van der Waals surface area contributed by atoms with Gasteiger partial charge in [-0.15, -0.1) is 0 Å². The molecule has 1 rings (SSSR count). The Balaban J connectivity index is 2.41. The Hall–Kier alpha value is -0.150. The Morgan fingerprint density at radius 1 is 1.36 bits per heavy atom. The first-order valence-electron chi connectivity index (χ1n) is 4.28. The van der Waals surface area contributed by atoms with Crippen molar-refractivity contribution in [3.63, 3.8) is 0 Å². The molecule has 0 spiro atoms. The van der Waals surface area contributed by atoms with Crippen molar-refractivity contribution in [2.45, 2.75) is 25.9 Å². The molecule has 0 bridgehead atoms. The first-order valence-corrected chi connectivity index (χ1v) is 4.28. The minimum absolute atomic E-state index is 0.228. The Labute approximate surface area is 67.8 Å². The van der Waals surface area contributed by atoms with Crippen LogP contribution in [-0.4, -0.2) is 43.3 Å². The van der Waals surface area contributed by atoms with Crippen LogP contribution in [0.4, 0.5) is 4.39 Å². The fourth-order valence-electron chi connectivity index (χ4n) is 1.71. The van der Waals surface area contributed by atoms with E-state index in [1.807, 2.05) is 0 Å². The second-order valence-corrected chi connectivity index (χ2v) is 3.28. The van der Waals surface area contributed by atoms with Crippen LogP contribution in [0.1, 0.15) is 13.8 Å². The Bertz CT molecular complexity index is 109. The highest BCUT2D eigenvalue weighted by Gasteiger charge is 2.23. The van der Waals surface area contributed by atoms with Gasteiger partial charge in [0.2, 0.25) is 0 Å². The van der Waals surface area contributed by atoms with Crippen molar-refractivity contribution in [1.82, 2.24) is 10.2 Å². The first-order chi connectivity index (χ1) is 5.25. The second-order valence-electron chi connectivity index (χ2n) is 3.28. The minimum atomic E-state index is -0.228. The molecule has 2 nitrogen and oxygen atoms in total. The molecule has 0 aromatic rings. The number of nitrogens with one attached hydrogen (secondary N) is 1. The van der Waals surface area contributed by atoms with Crippen LogP contribution in [0.2, 0.25) is 0 Å². The largest absolute Gasteiger partial charge is 0.314 e. The van der Waals surface area contributed by atoms with E-state index in [0.29, 0.717) is 18.6 Å². The zero-order valence-corrected chi connectivity index (χ0v) is 7.31. The molecule has 1 fully saturated rings. The van der Waals surface area contributed by atoms with Gasteiger partial charge in [0.05, 0.1) is 0 Å². The number of alkyl halides is 1. The van der Waals surface area contributed by atoms with Gasteiger partial charge in [-0.2, -0.15) is 0 Å². The quantitative estimate of drug-likeness (QED) is 0.637. The van der Waals surface area contributed by atoms with E-state index in [1.165, 1.54) is 0 Å². The number of hydrogen-bond donors (Lipinski definition) is 1. The summed E-state index contributed by atoms with van der Waals surface area (Å²) in [5.74, 6) is 0. The zero-order valence-electron chi connectivity index (χ0n) is 7.31. The third-order valence-electron chi connectivity index (χ3n) is 2.35. The average molecular weight is 160 g/mol. The molecule has 0 saturated carbocycles. The van der Waals surface area contributed by atoms with Crippen molar-refractivity contribution >= 4 is 0 Å². The summed E-state index contributed by atoms with van der Waals surface area (Å²) in [5.41, 5.74) is 0. The van der Waals surface area contributed by atoms with Gasteiger partial charge in [-0.05, 0) is 13.8 Å². The van der Waals surface area contributed by atoms with E-state index in [4.69, 9.17) is 0 Å². The van der Waals surface area contributed by atoms with E-state index in [9.17, 15) is 4.39 Å². The molecule has 2 atom stereocenters. The van der Waals surface area contributed by atoms with E-state index in [1.54, 1.807) is 0 Å². The second kappa shape index (κ2) is 4.02. The van der Waals surface area contributed by atoms with Crippen molar-refractivity contribution in [3.05, 3.63) is 0 Å². The summed E-state index contributed by atoms with van der Waals surface area (Å²) < 4.78 is 12.1. The van der Waals surface area contributed by atoms with Crippen LogP contribution in [0, 0.1) is 0 Å². The summed E-state index contributed by atoms with van der Waals surface area (Å²) in [6.45, 7) is 6.62. The van der Waals surface area contributed by atoms with E-state index in [-0.39, 0.29) is 6.67 Å². The van der Waals surface area contributed by atoms with Gasteiger partial charge in [0.1, 0.15) is 6.67 Å². The van der Waals surface area contributed by atoms with Crippen molar-refractivity contribution in [2.75, 3.05) is 26.3 Å². The van der Waals surface area contributed by atoms with Crippen LogP contribution >= 0.6 is 0 Å². The SMILES string of the molecule is C[C@@H]1CNC[C@H](C)N1CCF. The highest BCUT2D eigenvalue weighted by molar-refractivity contribution is 4.81. The fraction of sp³-hybridized carbons (Fsp3) is 1.00. The number of halogens is 1. The van der Waals surface area contributed by atoms with Gasteiger partial charge in [0.25, 0.3) is 0 Å². The predicted molar refractivity (Wildman–Crippen MR) is 44.5 cm³/mol. The van der Waals surface area contributed by atoms with Gasteiger partial charge in [0.15, 0.2) is 0 Å². The zero-order chi connectivity index (χ0) is 8.27. The standard InChI is InChI=1S/C8H17FN2/c1-7-5-10-6-8(2)11(7)4-3-9/h7-8,10H,3-6H2,1-2H3/t7-,8+. The molecule has 66 valence electrons. The molecule has 3 heteroatoms. The summed E-state index contributed by atoms with van der Waals surface area (Å²) in [4.78, 5) is 2.22. The number of hydrogen-bond acceptors (Lipinski definition) is 2. The van der Waals surface area contributed by atoms with Crippen LogP contribution in [0.5, 0.6) is 0 Å². The van der Waals surface area contributed by atoms with E-state index >= 15 is 0 Å². The fourth-order valence-corrected chi connectivity index (χ4v) is 1.71. The lowest BCUT2D eigenvalue weighted by atomic mass is 10.1. The Kier molecular flexibility index (Phi) is 3.27. The summed E-state index contributed by atoms with van der Waals surface area (Å²) >= 11 is 0. The van der Waals surface area contributed by atoms with Crippen molar-refractivity contribution in [1.29, 1.82) is 0 Å². The van der Waals surface area contributed by atoms with Crippen molar-refractivity contribution < 1.29 is 4.39 Å². The molecule has 11 heavy (non-hydrogen) atoms. The van der Waals surface area contributed by atoms with Crippen LogP contribution < -0.4 is 5.32 Å². The summed E-state index contributed by atoms with van der Waals surface area (Å²) in [5, 5.41) is 3.31. The molecule has 0 aromatic carbocycles. The van der Waals surface area contributed by atoms with Crippen molar-refractivity contribution in [3.8, 4) is 0 Å². The Morgan fingerprint density at radius 2 is 1.91 bits per heavy atom. The van der Waals surface area contributed by atoms with Gasteiger partial charge in [-0.25, -0.2) is 4.39 Å². The molecule has 1 N–H and O–H groups in total. The Morgan fingerprint density at radius 3 is 2.36 bits per heavy atom. The van der Waals surface area contributed by atoms with Crippen molar-refractivity contribution in [2.24, 2.45) is 0 Å². The monoisotopic (exact) mass is 160 g/mol. The van der Waals surface area contributed by atoms with Gasteiger partial charge in [-0.1, -0.05) is 0 Å². The number of rotatable bonds is 2. The average Bonchev–Trinajstić information content (AvgIpc) is 1.97. The first kappa shape index (κ1) is 8.94. The lowest BCUT2D eigenvalue weighted by molar-refractivity contribution is 0.108. The van der Waals surface area contributed by atoms with Gasteiger partial charge >= 0.3 is 0 Å². The molecular formula is C8H17FN2. The maximum absolute atomic E-state index is 12.1. The summed E-state index contributed by atoms with van der Waals surface area (Å²) in [6, 6.07) is 0.962. The minimum Gasteiger partial charge on any atom is -0.314 e. The van der Waals surface area contributed by atoms with Gasteiger partial charge in [-0.3, -0.25) is 4.90 Å². The molecule has 0 aliphatic carbocycles. The lowest BCUT2D eigenvalue weighted by Crippen LogP contribution is -2.55. The van der Waals surface area contributed by atoms with Gasteiger partial charge in [0, 0.05) is 31.7 Å². The van der Waals surface area contributed by atoms with E-state index in [2.05, 4.69) is 24.1 Å². The van der Waals surface area contributed by atoms with E-state index < -0.39 is 0 Å². The third kappa shape index (κ3) is 2.14.